The van der Waals surface area contributed by atoms with Gasteiger partial charge in [0.15, 0.2) is 0 Å². The highest BCUT2D eigenvalue weighted by Crippen LogP contribution is 2.43. The fourth-order valence-corrected chi connectivity index (χ4v) is 5.63. The maximum Gasteiger partial charge on any atom is 0.259 e. The number of likely N-dealkylation sites (tertiary alicyclic amines) is 1. The molecule has 0 saturated carbocycles. The molecule has 29 heavy (non-hydrogen) atoms. The first-order chi connectivity index (χ1) is 14.1. The lowest BCUT2D eigenvalue weighted by molar-refractivity contribution is -0.152. The van der Waals surface area contributed by atoms with Crippen LogP contribution >= 0.6 is 0 Å². The van der Waals surface area contributed by atoms with Crippen molar-refractivity contribution in [1.82, 2.24) is 14.8 Å². The average molecular weight is 402 g/mol. The second-order valence-corrected chi connectivity index (χ2v) is 8.49. The predicted molar refractivity (Wildman–Crippen MR) is 108 cm³/mol. The van der Waals surface area contributed by atoms with E-state index in [9.17, 15) is 9.59 Å². The Bertz CT molecular complexity index is 783. The van der Waals surface area contributed by atoms with Crippen LogP contribution in [0.5, 0.6) is 11.8 Å². The monoisotopic (exact) mass is 401 g/mol. The first kappa shape index (κ1) is 20.0. The number of carbonyl (C=O) groups excluding carboxylic acids is 2. The first-order valence-corrected chi connectivity index (χ1v) is 10.8. The van der Waals surface area contributed by atoms with Gasteiger partial charge in [0.1, 0.15) is 5.56 Å². The minimum absolute atomic E-state index is 0.0439. The summed E-state index contributed by atoms with van der Waals surface area (Å²) in [4.78, 5) is 34.6. The van der Waals surface area contributed by atoms with Crippen molar-refractivity contribution in [3.05, 3.63) is 17.7 Å². The number of carbonyl (C=O) groups is 2. The van der Waals surface area contributed by atoms with Gasteiger partial charge >= 0.3 is 0 Å². The topological polar surface area (TPSA) is 72.0 Å². The Morgan fingerprint density at radius 2 is 2.00 bits per heavy atom. The Kier molecular flexibility index (Phi) is 5.65. The fraction of sp³-hybridized carbons (Fsp3) is 0.682. The first-order valence-electron chi connectivity index (χ1n) is 10.8. The fourth-order valence-electron chi connectivity index (χ4n) is 5.63. The Hall–Kier alpha value is -2.31. The van der Waals surface area contributed by atoms with Crippen LogP contribution in [0.4, 0.5) is 0 Å². The lowest BCUT2D eigenvalue weighted by atomic mass is 9.71. The molecule has 0 aromatic carbocycles. The Labute approximate surface area is 172 Å². The van der Waals surface area contributed by atoms with Crippen LogP contribution in [-0.4, -0.2) is 66.0 Å². The number of pyridine rings is 1. The van der Waals surface area contributed by atoms with Crippen molar-refractivity contribution >= 4 is 11.8 Å². The molecule has 2 amide bonds. The van der Waals surface area contributed by atoms with Crippen LogP contribution in [0.2, 0.25) is 0 Å². The van der Waals surface area contributed by atoms with Gasteiger partial charge in [-0.05, 0) is 43.6 Å². The van der Waals surface area contributed by atoms with E-state index in [1.54, 1.807) is 19.2 Å². The third kappa shape index (κ3) is 3.55. The largest absolute Gasteiger partial charge is 0.481 e. The van der Waals surface area contributed by atoms with E-state index < -0.39 is 0 Å². The Balaban J connectivity index is 1.60. The molecule has 2 bridgehead atoms. The number of piperidine rings is 3. The smallest absolute Gasteiger partial charge is 0.259 e. The molecule has 7 heteroatoms. The molecular weight excluding hydrogens is 370 g/mol. The molecule has 0 N–H and O–H groups in total. The van der Waals surface area contributed by atoms with Crippen molar-refractivity contribution in [3.8, 4) is 11.8 Å². The zero-order valence-electron chi connectivity index (χ0n) is 17.6. The number of ether oxygens (including phenoxy) is 2. The molecule has 3 aliphatic rings. The van der Waals surface area contributed by atoms with Crippen LogP contribution in [0, 0.1) is 11.8 Å². The van der Waals surface area contributed by atoms with Gasteiger partial charge in [0, 0.05) is 37.7 Å². The van der Waals surface area contributed by atoms with Crippen molar-refractivity contribution in [1.29, 1.82) is 0 Å². The zero-order valence-corrected chi connectivity index (χ0v) is 17.6. The zero-order chi connectivity index (χ0) is 20.5. The Morgan fingerprint density at radius 3 is 2.72 bits per heavy atom. The van der Waals surface area contributed by atoms with Crippen molar-refractivity contribution in [2.24, 2.45) is 11.8 Å². The number of rotatable bonds is 5. The Morgan fingerprint density at radius 1 is 1.21 bits per heavy atom. The molecule has 0 radical (unpaired) electrons. The molecular formula is C22H31N3O4. The number of hydrogen-bond acceptors (Lipinski definition) is 5. The van der Waals surface area contributed by atoms with Gasteiger partial charge in [0.2, 0.25) is 17.7 Å². The lowest BCUT2D eigenvalue weighted by Crippen LogP contribution is -2.65. The summed E-state index contributed by atoms with van der Waals surface area (Å²) in [6, 6.07) is 3.95. The van der Waals surface area contributed by atoms with E-state index in [0.29, 0.717) is 54.6 Å². The van der Waals surface area contributed by atoms with Gasteiger partial charge < -0.3 is 19.3 Å². The van der Waals surface area contributed by atoms with Gasteiger partial charge in [0.05, 0.1) is 14.2 Å². The van der Waals surface area contributed by atoms with Gasteiger partial charge in [-0.25, -0.2) is 0 Å². The van der Waals surface area contributed by atoms with Crippen molar-refractivity contribution in [2.75, 3.05) is 27.3 Å². The van der Waals surface area contributed by atoms with Crippen molar-refractivity contribution < 1.29 is 19.1 Å². The predicted octanol–water partition coefficient (Wildman–Crippen LogP) is 2.74. The molecule has 1 aromatic heterocycles. The lowest BCUT2D eigenvalue weighted by Gasteiger charge is -2.56. The maximum atomic E-state index is 13.4. The molecule has 0 unspecified atom stereocenters. The van der Waals surface area contributed by atoms with Gasteiger partial charge in [-0.3, -0.25) is 9.59 Å². The molecule has 4 heterocycles. The third-order valence-corrected chi connectivity index (χ3v) is 6.84. The summed E-state index contributed by atoms with van der Waals surface area (Å²) in [5, 5.41) is 0. The van der Waals surface area contributed by atoms with Crippen LogP contribution in [0.3, 0.4) is 0 Å². The van der Waals surface area contributed by atoms with Crippen LogP contribution in [0.25, 0.3) is 0 Å². The molecule has 3 aliphatic heterocycles. The number of fused-ring (bicyclic) bond motifs is 4. The summed E-state index contributed by atoms with van der Waals surface area (Å²) < 4.78 is 10.5. The molecule has 0 spiro atoms. The minimum atomic E-state index is -0.0439. The second kappa shape index (κ2) is 8.20. The maximum absolute atomic E-state index is 13.4. The van der Waals surface area contributed by atoms with Gasteiger partial charge in [-0.15, -0.1) is 0 Å². The summed E-state index contributed by atoms with van der Waals surface area (Å²) in [6.45, 7) is 3.55. The summed E-state index contributed by atoms with van der Waals surface area (Å²) in [5.41, 5.74) is 0.469. The highest BCUT2D eigenvalue weighted by atomic mass is 16.5. The van der Waals surface area contributed by atoms with Crippen molar-refractivity contribution in [3.63, 3.8) is 0 Å². The molecule has 158 valence electrons. The van der Waals surface area contributed by atoms with Crippen molar-refractivity contribution in [2.45, 2.75) is 57.5 Å². The summed E-state index contributed by atoms with van der Waals surface area (Å²) >= 11 is 0. The highest BCUT2D eigenvalue weighted by Gasteiger charge is 2.49. The van der Waals surface area contributed by atoms with E-state index in [4.69, 9.17) is 9.47 Å². The second-order valence-electron chi connectivity index (χ2n) is 8.49. The number of nitrogens with zero attached hydrogens (tertiary/aromatic N) is 3. The van der Waals surface area contributed by atoms with Crippen LogP contribution < -0.4 is 9.47 Å². The highest BCUT2D eigenvalue weighted by molar-refractivity contribution is 5.96. The summed E-state index contributed by atoms with van der Waals surface area (Å²) in [5.74, 6) is 1.69. The van der Waals surface area contributed by atoms with E-state index in [1.807, 2.05) is 4.90 Å². The molecule has 3 fully saturated rings. The number of methoxy groups -OCH3 is 2. The standard InChI is InChI=1S/C22H31N3O4/c1-4-6-17-14-11-15(18-7-5-8-20(26)25(17)18)13-24(12-14)22(27)16-9-10-19(28-2)23-21(16)29-3/h9-10,14-15,17-18H,4-8,11-13H2,1-3H3/t14-,15+,17-,18-/m0/s1. The summed E-state index contributed by atoms with van der Waals surface area (Å²) in [6.07, 6.45) is 5.86. The minimum Gasteiger partial charge on any atom is -0.481 e. The molecule has 7 nitrogen and oxygen atoms in total. The quantitative estimate of drug-likeness (QED) is 0.759. The van der Waals surface area contributed by atoms with Crippen LogP contribution in [0.1, 0.15) is 55.8 Å². The molecule has 3 saturated heterocycles. The number of hydrogen-bond donors (Lipinski definition) is 0. The van der Waals surface area contributed by atoms with E-state index in [1.165, 1.54) is 7.11 Å². The third-order valence-electron chi connectivity index (χ3n) is 6.84. The van der Waals surface area contributed by atoms with Gasteiger partial charge in [-0.1, -0.05) is 13.3 Å². The van der Waals surface area contributed by atoms with Crippen LogP contribution in [0.15, 0.2) is 12.1 Å². The van der Waals surface area contributed by atoms with Gasteiger partial charge in [-0.2, -0.15) is 4.98 Å². The van der Waals surface area contributed by atoms with Crippen LogP contribution in [-0.2, 0) is 4.79 Å². The van der Waals surface area contributed by atoms with E-state index in [2.05, 4.69) is 16.8 Å². The molecule has 4 rings (SSSR count). The van der Waals surface area contributed by atoms with E-state index in [-0.39, 0.29) is 18.0 Å². The number of amides is 2. The molecule has 0 aliphatic carbocycles. The summed E-state index contributed by atoms with van der Waals surface area (Å²) in [7, 11) is 3.06. The van der Waals surface area contributed by atoms with Gasteiger partial charge in [0.25, 0.3) is 5.91 Å². The normalized spacial score (nSPS) is 28.7. The van der Waals surface area contributed by atoms with E-state index >= 15 is 0 Å². The SMILES string of the molecule is CCC[C@H]1[C@H]2C[C@H](CN(C(=O)c3ccc(OC)nc3OC)C2)[C@@H]2CCCC(=O)N21. The molecule has 1 aromatic rings. The average Bonchev–Trinajstić information content (AvgIpc) is 2.75. The van der Waals surface area contributed by atoms with E-state index in [0.717, 1.165) is 32.1 Å². The number of aromatic nitrogens is 1. The molecule has 4 atom stereocenters.